The van der Waals surface area contributed by atoms with Gasteiger partial charge in [-0.2, -0.15) is 0 Å². The third-order valence-electron chi connectivity index (χ3n) is 3.70. The van der Waals surface area contributed by atoms with Crippen LogP contribution in [0.5, 0.6) is 0 Å². The highest BCUT2D eigenvalue weighted by atomic mass is 16.2. The van der Waals surface area contributed by atoms with E-state index < -0.39 is 0 Å². The van der Waals surface area contributed by atoms with E-state index in [4.69, 9.17) is 0 Å². The largest absolute Gasteiger partial charge is 0.341 e. The van der Waals surface area contributed by atoms with Crippen molar-refractivity contribution in [2.24, 2.45) is 11.8 Å². The van der Waals surface area contributed by atoms with Crippen molar-refractivity contribution in [3.8, 4) is 0 Å². The Balaban J connectivity index is 2.59. The van der Waals surface area contributed by atoms with Crippen molar-refractivity contribution < 1.29 is 4.79 Å². The molecule has 0 bridgehead atoms. The zero-order valence-corrected chi connectivity index (χ0v) is 11.4. The van der Waals surface area contributed by atoms with E-state index in [0.717, 1.165) is 19.6 Å². The predicted molar refractivity (Wildman–Crippen MR) is 67.3 cm³/mol. The van der Waals surface area contributed by atoms with Gasteiger partial charge in [0, 0.05) is 13.1 Å². The average molecular weight is 226 g/mol. The van der Waals surface area contributed by atoms with Crippen LogP contribution in [-0.4, -0.2) is 48.4 Å². The highest BCUT2D eigenvalue weighted by Crippen LogP contribution is 2.21. The normalized spacial score (nSPS) is 28.2. The van der Waals surface area contributed by atoms with Crippen molar-refractivity contribution in [1.82, 2.24) is 9.80 Å². The molecule has 1 aliphatic rings. The molecule has 0 saturated carbocycles. The number of amides is 1. The van der Waals surface area contributed by atoms with Crippen molar-refractivity contribution in [3.05, 3.63) is 0 Å². The molecule has 0 aromatic heterocycles. The number of likely N-dealkylation sites (tertiary alicyclic amines) is 1. The van der Waals surface area contributed by atoms with Gasteiger partial charge in [-0.05, 0) is 38.8 Å². The molecule has 1 saturated heterocycles. The molecule has 0 N–H and O–H groups in total. The third-order valence-corrected chi connectivity index (χ3v) is 3.70. The molecule has 1 heterocycles. The van der Waals surface area contributed by atoms with Crippen LogP contribution < -0.4 is 0 Å². The Labute approximate surface area is 99.8 Å². The fourth-order valence-electron chi connectivity index (χ4n) is 2.57. The van der Waals surface area contributed by atoms with Gasteiger partial charge in [-0.15, -0.1) is 0 Å². The molecule has 1 aliphatic heterocycles. The fourth-order valence-corrected chi connectivity index (χ4v) is 2.57. The number of piperidine rings is 1. The van der Waals surface area contributed by atoms with E-state index >= 15 is 0 Å². The van der Waals surface area contributed by atoms with Crippen LogP contribution in [0.2, 0.25) is 0 Å². The van der Waals surface area contributed by atoms with E-state index in [2.05, 4.69) is 30.6 Å². The Kier molecular flexibility index (Phi) is 4.78. The van der Waals surface area contributed by atoms with Gasteiger partial charge >= 0.3 is 0 Å². The monoisotopic (exact) mass is 226 g/mol. The highest BCUT2D eigenvalue weighted by Gasteiger charge is 2.29. The van der Waals surface area contributed by atoms with E-state index in [1.807, 2.05) is 14.0 Å². The first-order valence-electron chi connectivity index (χ1n) is 6.44. The minimum atomic E-state index is 0.0162. The molecular formula is C13H26N2O. The molecule has 3 unspecified atom stereocenters. The zero-order chi connectivity index (χ0) is 12.3. The highest BCUT2D eigenvalue weighted by molar-refractivity contribution is 5.81. The summed E-state index contributed by atoms with van der Waals surface area (Å²) >= 11 is 0. The number of nitrogens with zero attached hydrogens (tertiary/aromatic N) is 2. The van der Waals surface area contributed by atoms with Crippen molar-refractivity contribution in [3.63, 3.8) is 0 Å². The van der Waals surface area contributed by atoms with Gasteiger partial charge < -0.3 is 4.90 Å². The lowest BCUT2D eigenvalue weighted by Crippen LogP contribution is -2.50. The van der Waals surface area contributed by atoms with Gasteiger partial charge in [0.25, 0.3) is 0 Å². The van der Waals surface area contributed by atoms with Gasteiger partial charge in [0.15, 0.2) is 0 Å². The SMILES string of the molecule is CCN(C)C(C)C(=O)N1CC(C)CC(C)C1. The van der Waals surface area contributed by atoms with Crippen LogP contribution in [0.25, 0.3) is 0 Å². The summed E-state index contributed by atoms with van der Waals surface area (Å²) < 4.78 is 0. The summed E-state index contributed by atoms with van der Waals surface area (Å²) in [6.07, 6.45) is 1.25. The summed E-state index contributed by atoms with van der Waals surface area (Å²) in [5.41, 5.74) is 0. The second-order valence-electron chi connectivity index (χ2n) is 5.44. The smallest absolute Gasteiger partial charge is 0.239 e. The van der Waals surface area contributed by atoms with Crippen LogP contribution >= 0.6 is 0 Å². The van der Waals surface area contributed by atoms with Crippen molar-refractivity contribution >= 4 is 5.91 Å². The summed E-state index contributed by atoms with van der Waals surface area (Å²) in [5.74, 6) is 1.58. The van der Waals surface area contributed by atoms with Crippen LogP contribution in [0.15, 0.2) is 0 Å². The van der Waals surface area contributed by atoms with Crippen LogP contribution in [0, 0.1) is 11.8 Å². The summed E-state index contributed by atoms with van der Waals surface area (Å²) in [4.78, 5) is 16.4. The van der Waals surface area contributed by atoms with Gasteiger partial charge in [-0.3, -0.25) is 9.69 Å². The maximum absolute atomic E-state index is 12.3. The van der Waals surface area contributed by atoms with E-state index in [0.29, 0.717) is 17.7 Å². The average Bonchev–Trinajstić information content (AvgIpc) is 2.24. The lowest BCUT2D eigenvalue weighted by Gasteiger charge is -2.37. The number of hydrogen-bond acceptors (Lipinski definition) is 2. The van der Waals surface area contributed by atoms with Crippen LogP contribution in [0.4, 0.5) is 0 Å². The van der Waals surface area contributed by atoms with Gasteiger partial charge in [-0.1, -0.05) is 20.8 Å². The second-order valence-corrected chi connectivity index (χ2v) is 5.44. The minimum absolute atomic E-state index is 0.0162. The molecule has 1 rings (SSSR count). The van der Waals surface area contributed by atoms with E-state index in [1.54, 1.807) is 0 Å². The maximum atomic E-state index is 12.3. The molecule has 16 heavy (non-hydrogen) atoms. The number of carbonyl (C=O) groups is 1. The van der Waals surface area contributed by atoms with Crippen LogP contribution in [0.1, 0.15) is 34.1 Å². The topological polar surface area (TPSA) is 23.6 Å². The first-order chi connectivity index (χ1) is 7.45. The van der Waals surface area contributed by atoms with Gasteiger partial charge in [-0.25, -0.2) is 0 Å². The minimum Gasteiger partial charge on any atom is -0.341 e. The molecule has 3 atom stereocenters. The molecular weight excluding hydrogens is 200 g/mol. The molecule has 0 aliphatic carbocycles. The Morgan fingerprint density at radius 1 is 1.38 bits per heavy atom. The van der Waals surface area contributed by atoms with Crippen molar-refractivity contribution in [2.75, 3.05) is 26.7 Å². The lowest BCUT2D eigenvalue weighted by molar-refractivity contribution is -0.138. The quantitative estimate of drug-likeness (QED) is 0.733. The zero-order valence-electron chi connectivity index (χ0n) is 11.4. The summed E-state index contributed by atoms with van der Waals surface area (Å²) in [7, 11) is 2.01. The second kappa shape index (κ2) is 5.67. The summed E-state index contributed by atoms with van der Waals surface area (Å²) in [6.45, 7) is 11.4. The molecule has 0 aromatic carbocycles. The number of rotatable bonds is 3. The predicted octanol–water partition coefficient (Wildman–Crippen LogP) is 1.83. The third kappa shape index (κ3) is 3.21. The molecule has 0 aromatic rings. The van der Waals surface area contributed by atoms with Gasteiger partial charge in [0.2, 0.25) is 5.91 Å². The van der Waals surface area contributed by atoms with Crippen molar-refractivity contribution in [2.45, 2.75) is 40.2 Å². The Bertz CT molecular complexity index is 232. The fraction of sp³-hybridized carbons (Fsp3) is 0.923. The molecule has 1 amide bonds. The Morgan fingerprint density at radius 2 is 1.88 bits per heavy atom. The van der Waals surface area contributed by atoms with Gasteiger partial charge in [0.1, 0.15) is 0 Å². The Morgan fingerprint density at radius 3 is 2.31 bits per heavy atom. The van der Waals surface area contributed by atoms with Crippen LogP contribution in [0.3, 0.4) is 0 Å². The first-order valence-corrected chi connectivity index (χ1v) is 6.44. The number of carbonyl (C=O) groups excluding carboxylic acids is 1. The maximum Gasteiger partial charge on any atom is 0.239 e. The molecule has 0 spiro atoms. The first kappa shape index (κ1) is 13.5. The number of hydrogen-bond donors (Lipinski definition) is 0. The summed E-state index contributed by atoms with van der Waals surface area (Å²) in [6, 6.07) is 0.0162. The molecule has 3 nitrogen and oxygen atoms in total. The number of likely N-dealkylation sites (N-methyl/N-ethyl adjacent to an activating group) is 1. The Hall–Kier alpha value is -0.570. The van der Waals surface area contributed by atoms with E-state index in [-0.39, 0.29) is 6.04 Å². The molecule has 3 heteroatoms. The molecule has 0 radical (unpaired) electrons. The van der Waals surface area contributed by atoms with Gasteiger partial charge in [0.05, 0.1) is 6.04 Å². The standard InChI is InChI=1S/C13H26N2O/c1-6-14(5)12(4)13(16)15-8-10(2)7-11(3)9-15/h10-12H,6-9H2,1-5H3. The molecule has 1 fully saturated rings. The lowest BCUT2D eigenvalue weighted by atomic mass is 9.91. The van der Waals surface area contributed by atoms with Crippen molar-refractivity contribution in [1.29, 1.82) is 0 Å². The van der Waals surface area contributed by atoms with E-state index in [9.17, 15) is 4.79 Å². The van der Waals surface area contributed by atoms with Crippen LogP contribution in [-0.2, 0) is 4.79 Å². The molecule has 94 valence electrons. The summed E-state index contributed by atoms with van der Waals surface area (Å²) in [5, 5.41) is 0. The van der Waals surface area contributed by atoms with E-state index in [1.165, 1.54) is 6.42 Å².